The highest BCUT2D eigenvalue weighted by atomic mass is 79.9. The normalized spacial score (nSPS) is 10.6. The Morgan fingerprint density at radius 3 is 2.59 bits per heavy atom. The summed E-state index contributed by atoms with van der Waals surface area (Å²) in [5.74, 6) is -2.21. The van der Waals surface area contributed by atoms with Gasteiger partial charge in [0.1, 0.15) is 11.6 Å². The van der Waals surface area contributed by atoms with E-state index in [0.717, 1.165) is 0 Å². The van der Waals surface area contributed by atoms with Gasteiger partial charge >= 0.3 is 0 Å². The third-order valence-corrected chi connectivity index (χ3v) is 2.94. The van der Waals surface area contributed by atoms with Crippen molar-refractivity contribution in [3.63, 3.8) is 0 Å². The molecule has 0 aliphatic heterocycles. The number of furan rings is 1. The second-order valence-electron chi connectivity index (χ2n) is 3.51. The summed E-state index contributed by atoms with van der Waals surface area (Å²) >= 11 is 3.11. The van der Waals surface area contributed by atoms with Crippen molar-refractivity contribution in [3.8, 4) is 0 Å². The molecule has 0 N–H and O–H groups in total. The van der Waals surface area contributed by atoms with Crippen molar-refractivity contribution in [2.45, 2.75) is 6.92 Å². The molecule has 1 heterocycles. The van der Waals surface area contributed by atoms with Gasteiger partial charge in [-0.3, -0.25) is 4.79 Å². The first-order valence-electron chi connectivity index (χ1n) is 4.74. The van der Waals surface area contributed by atoms with Crippen molar-refractivity contribution in [1.82, 2.24) is 0 Å². The van der Waals surface area contributed by atoms with E-state index < -0.39 is 17.4 Å². The van der Waals surface area contributed by atoms with Crippen molar-refractivity contribution < 1.29 is 18.0 Å². The van der Waals surface area contributed by atoms with E-state index in [1.807, 2.05) is 0 Å². The van der Waals surface area contributed by atoms with Gasteiger partial charge in [-0.1, -0.05) is 0 Å². The molecule has 1 aromatic heterocycles. The summed E-state index contributed by atoms with van der Waals surface area (Å²) in [6, 6.07) is 3.39. The quantitative estimate of drug-likeness (QED) is 0.788. The van der Waals surface area contributed by atoms with Crippen LogP contribution in [0, 0.1) is 18.6 Å². The Balaban J connectivity index is 2.52. The minimum Gasteiger partial charge on any atom is -0.460 e. The van der Waals surface area contributed by atoms with Gasteiger partial charge in [0.25, 0.3) is 0 Å². The standard InChI is InChI=1S/C12H7BrF2O2/c1-6-4-7(10(15)5-9(6)14)11(16)12-8(13)2-3-17-12/h2-5H,1H3. The van der Waals surface area contributed by atoms with Crippen LogP contribution in [0.1, 0.15) is 21.7 Å². The lowest BCUT2D eigenvalue weighted by Crippen LogP contribution is -2.05. The summed E-state index contributed by atoms with van der Waals surface area (Å²) in [7, 11) is 0. The summed E-state index contributed by atoms with van der Waals surface area (Å²) in [5.41, 5.74) is -0.00280. The van der Waals surface area contributed by atoms with Crippen molar-refractivity contribution in [2.24, 2.45) is 0 Å². The highest BCUT2D eigenvalue weighted by molar-refractivity contribution is 9.10. The Morgan fingerprint density at radius 1 is 1.29 bits per heavy atom. The number of halogens is 3. The molecule has 0 spiro atoms. The first-order chi connectivity index (χ1) is 8.00. The molecule has 1 aromatic carbocycles. The van der Waals surface area contributed by atoms with E-state index in [1.165, 1.54) is 25.3 Å². The number of benzene rings is 1. The highest BCUT2D eigenvalue weighted by Crippen LogP contribution is 2.23. The number of aryl methyl sites for hydroxylation is 1. The summed E-state index contributed by atoms with van der Waals surface area (Å²) in [6.07, 6.45) is 1.31. The van der Waals surface area contributed by atoms with Gasteiger partial charge in [0, 0.05) is 6.07 Å². The summed E-state index contributed by atoms with van der Waals surface area (Å²) in [4.78, 5) is 11.9. The molecule has 0 saturated heterocycles. The highest BCUT2D eigenvalue weighted by Gasteiger charge is 2.20. The van der Waals surface area contributed by atoms with Crippen molar-refractivity contribution >= 4 is 21.7 Å². The predicted molar refractivity (Wildman–Crippen MR) is 60.9 cm³/mol. The van der Waals surface area contributed by atoms with Gasteiger partial charge in [-0.15, -0.1) is 0 Å². The zero-order valence-corrected chi connectivity index (χ0v) is 10.3. The minimum absolute atomic E-state index is 0.00471. The molecule has 2 nitrogen and oxygen atoms in total. The van der Waals surface area contributed by atoms with Crippen molar-refractivity contribution in [2.75, 3.05) is 0 Å². The Morgan fingerprint density at radius 2 is 2.00 bits per heavy atom. The van der Waals surface area contributed by atoms with Crippen LogP contribution >= 0.6 is 15.9 Å². The van der Waals surface area contributed by atoms with Crippen LogP contribution in [0.2, 0.25) is 0 Å². The molecule has 0 amide bonds. The number of ketones is 1. The van der Waals surface area contributed by atoms with E-state index in [1.54, 1.807) is 0 Å². The number of carbonyl (C=O) groups excluding carboxylic acids is 1. The molecule has 0 saturated carbocycles. The summed E-state index contributed by atoms with van der Waals surface area (Å²) in [5, 5.41) is 0. The predicted octanol–water partition coefficient (Wildman–Crippen LogP) is 3.86. The zero-order chi connectivity index (χ0) is 12.6. The maximum Gasteiger partial charge on any atom is 0.232 e. The van der Waals surface area contributed by atoms with Crippen LogP contribution in [0.25, 0.3) is 0 Å². The summed E-state index contributed by atoms with van der Waals surface area (Å²) < 4.78 is 31.9. The maximum atomic E-state index is 13.5. The molecule has 0 atom stereocenters. The van der Waals surface area contributed by atoms with E-state index >= 15 is 0 Å². The topological polar surface area (TPSA) is 30.2 Å². The third-order valence-electron chi connectivity index (χ3n) is 2.32. The van der Waals surface area contributed by atoms with Crippen LogP contribution in [0.3, 0.4) is 0 Å². The SMILES string of the molecule is Cc1cc(C(=O)c2occc2Br)c(F)cc1F. The minimum atomic E-state index is -0.901. The number of rotatable bonds is 2. The van der Waals surface area contributed by atoms with Crippen molar-refractivity contribution in [1.29, 1.82) is 0 Å². The summed E-state index contributed by atoms with van der Waals surface area (Å²) in [6.45, 7) is 1.46. The number of hydrogen-bond donors (Lipinski definition) is 0. The van der Waals surface area contributed by atoms with Crippen molar-refractivity contribution in [3.05, 3.63) is 57.5 Å². The Bertz CT molecular complexity index is 590. The van der Waals surface area contributed by atoms with E-state index in [2.05, 4.69) is 15.9 Å². The van der Waals surface area contributed by atoms with E-state index in [0.29, 0.717) is 10.5 Å². The Kier molecular flexibility index (Phi) is 3.11. The third kappa shape index (κ3) is 2.15. The molecule has 0 fully saturated rings. The molecule has 2 rings (SSSR count). The molecule has 17 heavy (non-hydrogen) atoms. The van der Waals surface area contributed by atoms with Gasteiger partial charge < -0.3 is 4.42 Å². The fourth-order valence-electron chi connectivity index (χ4n) is 1.41. The number of hydrogen-bond acceptors (Lipinski definition) is 2. The molecular formula is C12H7BrF2O2. The zero-order valence-electron chi connectivity index (χ0n) is 8.76. The number of carbonyl (C=O) groups is 1. The van der Waals surface area contributed by atoms with Gasteiger partial charge in [-0.25, -0.2) is 8.78 Å². The molecule has 5 heteroatoms. The van der Waals surface area contributed by atoms with Crippen LogP contribution in [0.4, 0.5) is 8.78 Å². The second kappa shape index (κ2) is 4.41. The average Bonchev–Trinajstić information content (AvgIpc) is 2.69. The fraction of sp³-hybridized carbons (Fsp3) is 0.0833. The van der Waals surface area contributed by atoms with Gasteiger partial charge in [0.15, 0.2) is 5.76 Å². The smallest absolute Gasteiger partial charge is 0.232 e. The van der Waals surface area contributed by atoms with Crippen LogP contribution in [-0.2, 0) is 0 Å². The molecule has 0 radical (unpaired) electrons. The lowest BCUT2D eigenvalue weighted by molar-refractivity contribution is 0.100. The van der Waals surface area contributed by atoms with Crippen LogP contribution in [0.15, 0.2) is 33.4 Å². The lowest BCUT2D eigenvalue weighted by atomic mass is 10.1. The Labute approximate surface area is 104 Å². The largest absolute Gasteiger partial charge is 0.460 e. The Hall–Kier alpha value is -1.49. The second-order valence-corrected chi connectivity index (χ2v) is 4.36. The fourth-order valence-corrected chi connectivity index (χ4v) is 1.79. The van der Waals surface area contributed by atoms with E-state index in [9.17, 15) is 13.6 Å². The average molecular weight is 301 g/mol. The van der Waals surface area contributed by atoms with Crippen LogP contribution in [0.5, 0.6) is 0 Å². The molecule has 0 aliphatic rings. The molecule has 88 valence electrons. The van der Waals surface area contributed by atoms with Gasteiger partial charge in [-0.2, -0.15) is 0 Å². The molecule has 0 unspecified atom stereocenters. The van der Waals surface area contributed by atoms with Gasteiger partial charge in [0.05, 0.1) is 16.3 Å². The molecule has 0 aliphatic carbocycles. The first kappa shape index (κ1) is 12.0. The lowest BCUT2D eigenvalue weighted by Gasteiger charge is -2.03. The van der Waals surface area contributed by atoms with E-state index in [4.69, 9.17) is 4.42 Å². The van der Waals surface area contributed by atoms with Crippen LogP contribution in [-0.4, -0.2) is 5.78 Å². The monoisotopic (exact) mass is 300 g/mol. The van der Waals surface area contributed by atoms with Gasteiger partial charge in [0.2, 0.25) is 5.78 Å². The van der Waals surface area contributed by atoms with Crippen LogP contribution < -0.4 is 0 Å². The molecule has 2 aromatic rings. The molecular weight excluding hydrogens is 294 g/mol. The van der Waals surface area contributed by atoms with Gasteiger partial charge in [-0.05, 0) is 40.5 Å². The van der Waals surface area contributed by atoms with E-state index in [-0.39, 0.29) is 16.9 Å². The molecule has 0 bridgehead atoms. The first-order valence-corrected chi connectivity index (χ1v) is 5.53. The maximum absolute atomic E-state index is 13.5.